The van der Waals surface area contributed by atoms with E-state index in [2.05, 4.69) is 17.1 Å². The van der Waals surface area contributed by atoms with Gasteiger partial charge in [0.15, 0.2) is 0 Å². The highest BCUT2D eigenvalue weighted by Gasteiger charge is 2.57. The Labute approximate surface area is 110 Å². The van der Waals surface area contributed by atoms with Crippen LogP contribution in [0.1, 0.15) is 39.0 Å². The maximum atomic E-state index is 12.5. The summed E-state index contributed by atoms with van der Waals surface area (Å²) < 4.78 is 0. The molecule has 102 valence electrons. The van der Waals surface area contributed by atoms with E-state index in [9.17, 15) is 4.79 Å². The molecule has 3 nitrogen and oxygen atoms in total. The lowest BCUT2D eigenvalue weighted by Crippen LogP contribution is -2.42. The van der Waals surface area contributed by atoms with Gasteiger partial charge in [0.2, 0.25) is 5.91 Å². The van der Waals surface area contributed by atoms with Gasteiger partial charge >= 0.3 is 0 Å². The third-order valence-corrected chi connectivity index (χ3v) is 5.26. The fourth-order valence-corrected chi connectivity index (χ4v) is 4.17. The van der Waals surface area contributed by atoms with Crippen LogP contribution in [0.4, 0.5) is 0 Å². The molecular weight excluding hydrogens is 224 g/mol. The molecule has 1 saturated heterocycles. The zero-order valence-corrected chi connectivity index (χ0v) is 11.5. The Morgan fingerprint density at radius 3 is 2.61 bits per heavy atom. The fraction of sp³-hybridized carbons (Fsp3) is 0.933. The van der Waals surface area contributed by atoms with Crippen LogP contribution >= 0.6 is 0 Å². The van der Waals surface area contributed by atoms with E-state index in [0.29, 0.717) is 17.7 Å². The van der Waals surface area contributed by atoms with Gasteiger partial charge in [-0.25, -0.2) is 0 Å². The third-order valence-electron chi connectivity index (χ3n) is 5.26. The van der Waals surface area contributed by atoms with Crippen molar-refractivity contribution in [1.82, 2.24) is 10.2 Å². The van der Waals surface area contributed by atoms with Gasteiger partial charge in [-0.15, -0.1) is 0 Å². The zero-order chi connectivity index (χ0) is 12.5. The van der Waals surface area contributed by atoms with Gasteiger partial charge in [-0.05, 0) is 63.5 Å². The van der Waals surface area contributed by atoms with Crippen molar-refractivity contribution < 1.29 is 4.79 Å². The van der Waals surface area contributed by atoms with E-state index in [1.807, 2.05) is 0 Å². The molecule has 3 rings (SSSR count). The van der Waals surface area contributed by atoms with Crippen molar-refractivity contribution in [3.05, 3.63) is 0 Å². The smallest absolute Gasteiger partial charge is 0.226 e. The van der Waals surface area contributed by atoms with Gasteiger partial charge in [0.1, 0.15) is 0 Å². The van der Waals surface area contributed by atoms with E-state index >= 15 is 0 Å². The molecular formula is C15H26N2O. The van der Waals surface area contributed by atoms with Crippen LogP contribution < -0.4 is 5.32 Å². The Bertz CT molecular complexity index is 302. The van der Waals surface area contributed by atoms with Gasteiger partial charge in [-0.3, -0.25) is 4.79 Å². The van der Waals surface area contributed by atoms with Crippen LogP contribution in [0.25, 0.3) is 0 Å². The minimum atomic E-state index is 0.412. The van der Waals surface area contributed by atoms with E-state index in [-0.39, 0.29) is 0 Å². The van der Waals surface area contributed by atoms with Gasteiger partial charge in [0.25, 0.3) is 0 Å². The third kappa shape index (κ3) is 2.29. The maximum absolute atomic E-state index is 12.5. The molecule has 1 heterocycles. The van der Waals surface area contributed by atoms with Crippen molar-refractivity contribution in [2.45, 2.75) is 39.0 Å². The predicted octanol–water partition coefficient (Wildman–Crippen LogP) is 1.88. The molecule has 0 spiro atoms. The van der Waals surface area contributed by atoms with Crippen LogP contribution in [0.5, 0.6) is 0 Å². The Morgan fingerprint density at radius 1 is 1.22 bits per heavy atom. The van der Waals surface area contributed by atoms with Crippen molar-refractivity contribution in [3.63, 3.8) is 0 Å². The maximum Gasteiger partial charge on any atom is 0.226 e. The molecule has 2 aliphatic carbocycles. The Kier molecular flexibility index (Phi) is 3.60. The molecule has 0 radical (unpaired) electrons. The molecule has 1 N–H and O–H groups in total. The lowest BCUT2D eigenvalue weighted by Gasteiger charge is -2.30. The van der Waals surface area contributed by atoms with Gasteiger partial charge in [-0.1, -0.05) is 6.42 Å². The summed E-state index contributed by atoms with van der Waals surface area (Å²) in [4.78, 5) is 14.7. The summed E-state index contributed by atoms with van der Waals surface area (Å²) in [6, 6.07) is 0. The number of hydrogen-bond donors (Lipinski definition) is 1. The van der Waals surface area contributed by atoms with Crippen LogP contribution in [0.15, 0.2) is 0 Å². The molecule has 3 fully saturated rings. The summed E-state index contributed by atoms with van der Waals surface area (Å²) in [7, 11) is 0. The first-order valence-corrected chi connectivity index (χ1v) is 7.80. The number of rotatable bonds is 4. The number of carbonyl (C=O) groups is 1. The minimum Gasteiger partial charge on any atom is -0.342 e. The fourth-order valence-electron chi connectivity index (χ4n) is 4.17. The van der Waals surface area contributed by atoms with Crippen molar-refractivity contribution >= 4 is 5.91 Å². The molecule has 0 aromatic heterocycles. The lowest BCUT2D eigenvalue weighted by atomic mass is 9.98. The Balaban J connectivity index is 1.53. The molecule has 18 heavy (non-hydrogen) atoms. The highest BCUT2D eigenvalue weighted by molar-refractivity contribution is 5.82. The van der Waals surface area contributed by atoms with Gasteiger partial charge in [0.05, 0.1) is 0 Å². The van der Waals surface area contributed by atoms with E-state index < -0.39 is 0 Å². The second kappa shape index (κ2) is 5.20. The summed E-state index contributed by atoms with van der Waals surface area (Å²) in [6.07, 6.45) is 6.53. The first kappa shape index (κ1) is 12.5. The number of nitrogens with zero attached hydrogens (tertiary/aromatic N) is 1. The standard InChI is InChI=1S/C15H26N2O/c1-2-17(10-11-5-4-8-16-9-11)15(18)14-12-6-3-7-13(12)14/h11-14,16H,2-10H2,1H3. The predicted molar refractivity (Wildman–Crippen MR) is 72.2 cm³/mol. The van der Waals surface area contributed by atoms with E-state index in [1.165, 1.54) is 32.1 Å². The topological polar surface area (TPSA) is 32.3 Å². The lowest BCUT2D eigenvalue weighted by molar-refractivity contribution is -0.134. The molecule has 0 bridgehead atoms. The summed E-state index contributed by atoms with van der Waals surface area (Å²) in [5.74, 6) is 3.08. The van der Waals surface area contributed by atoms with Crippen LogP contribution in [0.2, 0.25) is 0 Å². The number of carbonyl (C=O) groups excluding carboxylic acids is 1. The molecule has 3 atom stereocenters. The molecule has 3 aliphatic rings. The number of piperidine rings is 1. The van der Waals surface area contributed by atoms with Crippen molar-refractivity contribution in [2.24, 2.45) is 23.7 Å². The summed E-state index contributed by atoms with van der Waals surface area (Å²) >= 11 is 0. The molecule has 0 aromatic rings. The van der Waals surface area contributed by atoms with Crippen LogP contribution in [-0.2, 0) is 4.79 Å². The molecule has 0 aromatic carbocycles. The number of amides is 1. The minimum absolute atomic E-state index is 0.412. The number of nitrogens with one attached hydrogen (secondary N) is 1. The summed E-state index contributed by atoms with van der Waals surface area (Å²) in [6.45, 7) is 6.26. The highest BCUT2D eigenvalue weighted by atomic mass is 16.2. The monoisotopic (exact) mass is 250 g/mol. The van der Waals surface area contributed by atoms with E-state index in [0.717, 1.165) is 38.0 Å². The summed E-state index contributed by atoms with van der Waals surface area (Å²) in [5, 5.41) is 3.45. The average Bonchev–Trinajstić information content (AvgIpc) is 2.89. The Hall–Kier alpha value is -0.570. The SMILES string of the molecule is CCN(CC1CCCNC1)C(=O)C1C2CCCC21. The highest BCUT2D eigenvalue weighted by Crippen LogP contribution is 2.58. The van der Waals surface area contributed by atoms with E-state index in [1.54, 1.807) is 0 Å². The quantitative estimate of drug-likeness (QED) is 0.826. The first-order chi connectivity index (χ1) is 8.81. The number of fused-ring (bicyclic) bond motifs is 1. The van der Waals surface area contributed by atoms with Gasteiger partial charge < -0.3 is 10.2 Å². The second-order valence-corrected chi connectivity index (χ2v) is 6.37. The van der Waals surface area contributed by atoms with Crippen molar-refractivity contribution in [1.29, 1.82) is 0 Å². The van der Waals surface area contributed by atoms with E-state index in [4.69, 9.17) is 0 Å². The largest absolute Gasteiger partial charge is 0.342 e. The zero-order valence-electron chi connectivity index (χ0n) is 11.5. The van der Waals surface area contributed by atoms with Crippen molar-refractivity contribution in [2.75, 3.05) is 26.2 Å². The van der Waals surface area contributed by atoms with Crippen LogP contribution in [0, 0.1) is 23.7 Å². The molecule has 1 aliphatic heterocycles. The van der Waals surface area contributed by atoms with Crippen LogP contribution in [-0.4, -0.2) is 37.0 Å². The first-order valence-electron chi connectivity index (χ1n) is 7.80. The van der Waals surface area contributed by atoms with Crippen molar-refractivity contribution in [3.8, 4) is 0 Å². The Morgan fingerprint density at radius 2 is 2.00 bits per heavy atom. The molecule has 3 unspecified atom stereocenters. The number of hydrogen-bond acceptors (Lipinski definition) is 2. The van der Waals surface area contributed by atoms with Gasteiger partial charge in [-0.2, -0.15) is 0 Å². The second-order valence-electron chi connectivity index (χ2n) is 6.37. The average molecular weight is 250 g/mol. The van der Waals surface area contributed by atoms with Crippen LogP contribution in [0.3, 0.4) is 0 Å². The van der Waals surface area contributed by atoms with Gasteiger partial charge in [0, 0.05) is 19.0 Å². The normalized spacial score (nSPS) is 38.3. The molecule has 2 saturated carbocycles. The molecule has 3 heteroatoms. The molecule has 1 amide bonds. The summed E-state index contributed by atoms with van der Waals surface area (Å²) in [5.41, 5.74) is 0.